The van der Waals surface area contributed by atoms with Crippen LogP contribution in [-0.2, 0) is 6.54 Å². The van der Waals surface area contributed by atoms with Gasteiger partial charge < -0.3 is 20.0 Å². The predicted molar refractivity (Wildman–Crippen MR) is 103 cm³/mol. The molecule has 3 aromatic heterocycles. The smallest absolute Gasteiger partial charge is 0.327 e. The molecule has 1 aromatic carbocycles. The summed E-state index contributed by atoms with van der Waals surface area (Å²) in [6, 6.07) is 7.27. The van der Waals surface area contributed by atoms with Crippen molar-refractivity contribution in [2.75, 3.05) is 6.61 Å². The molecule has 0 spiro atoms. The zero-order chi connectivity index (χ0) is 19.4. The monoisotopic (exact) mass is 377 g/mol. The molecule has 1 aliphatic heterocycles. The number of nitrogens with two attached hydrogens (primary N) is 1. The lowest BCUT2D eigenvalue weighted by Gasteiger charge is -2.26. The number of benzene rings is 1. The fourth-order valence-corrected chi connectivity index (χ4v) is 4.03. The van der Waals surface area contributed by atoms with Crippen LogP contribution in [0, 0.1) is 13.8 Å². The van der Waals surface area contributed by atoms with Crippen LogP contribution in [0.25, 0.3) is 22.2 Å². The molecule has 8 heteroatoms. The van der Waals surface area contributed by atoms with Gasteiger partial charge in [0.2, 0.25) is 0 Å². The maximum atomic E-state index is 12.9. The second-order valence-corrected chi connectivity index (χ2v) is 6.92. The van der Waals surface area contributed by atoms with Crippen LogP contribution in [0.4, 0.5) is 0 Å². The summed E-state index contributed by atoms with van der Waals surface area (Å²) in [6.45, 7) is 4.32. The second-order valence-electron chi connectivity index (χ2n) is 6.92. The Kier molecular flexibility index (Phi) is 3.63. The van der Waals surface area contributed by atoms with Crippen molar-refractivity contribution in [1.82, 2.24) is 19.7 Å². The molecule has 0 unspecified atom stereocenters. The highest BCUT2D eigenvalue weighted by Crippen LogP contribution is 2.44. The van der Waals surface area contributed by atoms with Crippen molar-refractivity contribution in [1.29, 1.82) is 0 Å². The van der Waals surface area contributed by atoms with Crippen molar-refractivity contribution in [3.05, 3.63) is 63.7 Å². The average molecular weight is 377 g/mol. The van der Waals surface area contributed by atoms with E-state index < -0.39 is 0 Å². The molecule has 0 radical (unpaired) electrons. The van der Waals surface area contributed by atoms with Gasteiger partial charge in [0, 0.05) is 18.3 Å². The van der Waals surface area contributed by atoms with Crippen LogP contribution in [0.1, 0.15) is 28.8 Å². The second kappa shape index (κ2) is 6.07. The highest BCUT2D eigenvalue weighted by atomic mass is 16.5. The first kappa shape index (κ1) is 16.8. The van der Waals surface area contributed by atoms with Crippen LogP contribution in [0.15, 0.2) is 39.8 Å². The number of rotatable bonds is 3. The number of H-pyrrole nitrogens is 1. The molecule has 28 heavy (non-hydrogen) atoms. The van der Waals surface area contributed by atoms with Crippen LogP contribution in [0.2, 0.25) is 0 Å². The molecule has 4 heterocycles. The number of aromatic nitrogens is 4. The van der Waals surface area contributed by atoms with E-state index in [1.165, 1.54) is 0 Å². The fraction of sp³-hybridized carbons (Fsp3) is 0.250. The van der Waals surface area contributed by atoms with Crippen molar-refractivity contribution >= 4 is 11.0 Å². The fourth-order valence-electron chi connectivity index (χ4n) is 4.03. The van der Waals surface area contributed by atoms with Crippen molar-refractivity contribution in [3.63, 3.8) is 0 Å². The van der Waals surface area contributed by atoms with Crippen molar-refractivity contribution in [2.45, 2.75) is 26.4 Å². The van der Waals surface area contributed by atoms with Crippen molar-refractivity contribution in [3.8, 4) is 16.9 Å². The van der Waals surface area contributed by atoms with Crippen LogP contribution in [0.5, 0.6) is 5.75 Å². The number of nitrogens with one attached hydrogen (secondary N) is 1. The number of pyridine rings is 1. The van der Waals surface area contributed by atoms with Gasteiger partial charge in [0.25, 0.3) is 0 Å². The molecule has 1 atom stereocenters. The first-order chi connectivity index (χ1) is 13.6. The first-order valence-electron chi connectivity index (χ1n) is 9.07. The number of imidazole rings is 1. The molecule has 4 aromatic rings. The third kappa shape index (κ3) is 2.24. The highest BCUT2D eigenvalue weighted by molar-refractivity contribution is 5.94. The van der Waals surface area contributed by atoms with Gasteiger partial charge in [-0.05, 0) is 37.6 Å². The van der Waals surface area contributed by atoms with Gasteiger partial charge >= 0.3 is 5.69 Å². The summed E-state index contributed by atoms with van der Waals surface area (Å²) in [5, 5.41) is 4.06. The quantitative estimate of drug-likeness (QED) is 0.567. The highest BCUT2D eigenvalue weighted by Gasteiger charge is 2.32. The number of hydrogen-bond acceptors (Lipinski definition) is 6. The normalized spacial score (nSPS) is 15.8. The first-order valence-corrected chi connectivity index (χ1v) is 9.07. The summed E-state index contributed by atoms with van der Waals surface area (Å²) in [5.74, 6) is 1.32. The largest absolute Gasteiger partial charge is 0.488 e. The molecule has 0 fully saturated rings. The minimum atomic E-state index is -0.319. The third-order valence-corrected chi connectivity index (χ3v) is 5.28. The molecule has 3 N–H and O–H groups in total. The van der Waals surface area contributed by atoms with Gasteiger partial charge in [-0.1, -0.05) is 11.2 Å². The lowest BCUT2D eigenvalue weighted by Crippen LogP contribution is -2.31. The summed E-state index contributed by atoms with van der Waals surface area (Å²) in [7, 11) is 0. The number of aryl methyl sites for hydroxylation is 2. The molecule has 8 nitrogen and oxygen atoms in total. The Morgan fingerprint density at radius 2 is 2.21 bits per heavy atom. The number of aromatic amines is 1. The van der Waals surface area contributed by atoms with E-state index in [9.17, 15) is 4.79 Å². The molecular weight excluding hydrogens is 358 g/mol. The van der Waals surface area contributed by atoms with Gasteiger partial charge in [-0.2, -0.15) is 0 Å². The van der Waals surface area contributed by atoms with E-state index in [1.807, 2.05) is 38.1 Å². The van der Waals surface area contributed by atoms with E-state index >= 15 is 0 Å². The maximum absolute atomic E-state index is 12.9. The molecule has 142 valence electrons. The Bertz CT molecular complexity index is 1230. The zero-order valence-corrected chi connectivity index (χ0v) is 15.5. The SMILES string of the molecule is Cc1noc(C)c1-c1cc(CN)c2[nH]c(=O)n3c2c1OC[C@@H]3c1ccccn1. The predicted octanol–water partition coefficient (Wildman–Crippen LogP) is 2.44. The summed E-state index contributed by atoms with van der Waals surface area (Å²) in [4.78, 5) is 20.3. The third-order valence-electron chi connectivity index (χ3n) is 5.28. The topological polar surface area (TPSA) is 112 Å². The Balaban J connectivity index is 1.86. The lowest BCUT2D eigenvalue weighted by atomic mass is 9.97. The summed E-state index contributed by atoms with van der Waals surface area (Å²) < 4.78 is 13.3. The Morgan fingerprint density at radius 3 is 2.89 bits per heavy atom. The van der Waals surface area contributed by atoms with Gasteiger partial charge in [-0.25, -0.2) is 4.79 Å². The lowest BCUT2D eigenvalue weighted by molar-refractivity contribution is 0.255. The number of nitrogens with zero attached hydrogens (tertiary/aromatic N) is 3. The van der Waals surface area contributed by atoms with E-state index in [4.69, 9.17) is 15.0 Å². The minimum absolute atomic E-state index is 0.208. The van der Waals surface area contributed by atoms with E-state index in [0.717, 1.165) is 28.1 Å². The van der Waals surface area contributed by atoms with Crippen LogP contribution in [0.3, 0.4) is 0 Å². The minimum Gasteiger partial charge on any atom is -0.488 e. The molecule has 0 aliphatic carbocycles. The molecule has 1 aliphatic rings. The van der Waals surface area contributed by atoms with Gasteiger partial charge in [-0.15, -0.1) is 0 Å². The van der Waals surface area contributed by atoms with Gasteiger partial charge in [0.05, 0.1) is 22.5 Å². The average Bonchev–Trinajstić information content (AvgIpc) is 3.24. The van der Waals surface area contributed by atoms with E-state index in [-0.39, 0.29) is 18.3 Å². The Hall–Kier alpha value is -3.39. The molecule has 5 rings (SSSR count). The molecular formula is C20H19N5O3. The van der Waals surface area contributed by atoms with Gasteiger partial charge in [0.1, 0.15) is 23.9 Å². The van der Waals surface area contributed by atoms with Crippen LogP contribution < -0.4 is 16.2 Å². The maximum Gasteiger partial charge on any atom is 0.327 e. The number of ether oxygens (including phenoxy) is 1. The zero-order valence-electron chi connectivity index (χ0n) is 15.5. The molecule has 0 amide bonds. The summed E-state index contributed by atoms with van der Waals surface area (Å²) >= 11 is 0. The van der Waals surface area contributed by atoms with E-state index in [1.54, 1.807) is 10.8 Å². The van der Waals surface area contributed by atoms with Crippen LogP contribution in [-0.4, -0.2) is 26.3 Å². The van der Waals surface area contributed by atoms with Crippen molar-refractivity contribution in [2.24, 2.45) is 5.73 Å². The standard InChI is InChI=1S/C20H19N5O3/c1-10-16(11(2)28-24-10)13-7-12(8-21)17-18-19(13)27-9-15(25(18)20(26)23-17)14-5-3-4-6-22-14/h3-7,15H,8-9,21H2,1-2H3,(H,23,26)/t15-/m1/s1. The van der Waals surface area contributed by atoms with E-state index in [0.29, 0.717) is 29.2 Å². The van der Waals surface area contributed by atoms with E-state index in [2.05, 4.69) is 15.1 Å². The molecule has 0 bridgehead atoms. The molecule has 0 saturated carbocycles. The molecule has 0 saturated heterocycles. The Labute approximate surface area is 159 Å². The van der Waals surface area contributed by atoms with Crippen LogP contribution >= 0.6 is 0 Å². The Morgan fingerprint density at radius 1 is 1.36 bits per heavy atom. The van der Waals surface area contributed by atoms with Crippen molar-refractivity contribution < 1.29 is 9.26 Å². The summed E-state index contributed by atoms with van der Waals surface area (Å²) in [5.41, 5.74) is 11.2. The number of hydrogen-bond donors (Lipinski definition) is 2. The van der Waals surface area contributed by atoms with Gasteiger partial charge in [0.15, 0.2) is 5.75 Å². The van der Waals surface area contributed by atoms with Gasteiger partial charge in [-0.3, -0.25) is 9.55 Å². The summed E-state index contributed by atoms with van der Waals surface area (Å²) in [6.07, 6.45) is 1.71.